The molecule has 2 N–H and O–H groups in total. The number of rotatable bonds is 5. The molecule has 22 heavy (non-hydrogen) atoms. The van der Waals surface area contributed by atoms with Crippen molar-refractivity contribution in [2.45, 2.75) is 0 Å². The van der Waals surface area contributed by atoms with E-state index >= 15 is 0 Å². The topological polar surface area (TPSA) is 82.7 Å². The largest absolute Gasteiger partial charge is 0.461 e. The van der Waals surface area contributed by atoms with Gasteiger partial charge in [0.25, 0.3) is 0 Å². The number of nitrogen functional groups attached to an aromatic ring is 1. The van der Waals surface area contributed by atoms with Crippen molar-refractivity contribution in [2.24, 2.45) is 0 Å². The standard InChI is InChI=1S/C15H20N4O3/c1-20-8-9-22-15-17-13-3-2-11(16)10-12(13)14(18-15)19-4-6-21-7-5-19/h2-3,10H,4-9,16H2,1H3. The van der Waals surface area contributed by atoms with Crippen molar-refractivity contribution >= 4 is 22.4 Å². The number of fused-ring (bicyclic) bond motifs is 1. The third-order valence-electron chi connectivity index (χ3n) is 3.51. The molecule has 1 aliphatic heterocycles. The minimum atomic E-state index is 0.357. The van der Waals surface area contributed by atoms with Crippen LogP contribution in [0, 0.1) is 0 Å². The average molecular weight is 304 g/mol. The molecule has 0 saturated carbocycles. The van der Waals surface area contributed by atoms with Crippen LogP contribution in [0.3, 0.4) is 0 Å². The van der Waals surface area contributed by atoms with Gasteiger partial charge in [-0.25, -0.2) is 0 Å². The summed E-state index contributed by atoms with van der Waals surface area (Å²) in [5, 5.41) is 0.931. The molecule has 2 heterocycles. The molecule has 1 aromatic carbocycles. The van der Waals surface area contributed by atoms with Crippen molar-refractivity contribution in [3.05, 3.63) is 18.2 Å². The fraction of sp³-hybridized carbons (Fsp3) is 0.467. The van der Waals surface area contributed by atoms with Crippen LogP contribution in [0.4, 0.5) is 11.5 Å². The Morgan fingerprint density at radius 2 is 2.05 bits per heavy atom. The lowest BCUT2D eigenvalue weighted by Crippen LogP contribution is -2.37. The van der Waals surface area contributed by atoms with Crippen molar-refractivity contribution in [3.63, 3.8) is 0 Å². The third-order valence-corrected chi connectivity index (χ3v) is 3.51. The van der Waals surface area contributed by atoms with Gasteiger partial charge in [-0.1, -0.05) is 0 Å². The Hall–Kier alpha value is -2.12. The summed E-state index contributed by atoms with van der Waals surface area (Å²) in [4.78, 5) is 11.2. The maximum Gasteiger partial charge on any atom is 0.319 e. The summed E-state index contributed by atoms with van der Waals surface area (Å²) in [7, 11) is 1.63. The quantitative estimate of drug-likeness (QED) is 0.653. The molecule has 2 aromatic rings. The lowest BCUT2D eigenvalue weighted by molar-refractivity contribution is 0.122. The summed E-state index contributed by atoms with van der Waals surface area (Å²) in [6.45, 7) is 3.87. The zero-order valence-electron chi connectivity index (χ0n) is 12.6. The Kier molecular flexibility index (Phi) is 4.55. The Balaban J connectivity index is 1.98. The van der Waals surface area contributed by atoms with Gasteiger partial charge in [-0.2, -0.15) is 9.97 Å². The van der Waals surface area contributed by atoms with Crippen LogP contribution in [-0.2, 0) is 9.47 Å². The second kappa shape index (κ2) is 6.76. The molecule has 1 aromatic heterocycles. The van der Waals surface area contributed by atoms with E-state index in [0.29, 0.717) is 38.1 Å². The summed E-state index contributed by atoms with van der Waals surface area (Å²) in [6.07, 6.45) is 0. The SMILES string of the molecule is COCCOc1nc(N2CCOCC2)c2cc(N)ccc2n1. The molecule has 1 fully saturated rings. The fourth-order valence-electron chi connectivity index (χ4n) is 2.41. The predicted molar refractivity (Wildman–Crippen MR) is 84.4 cm³/mol. The highest BCUT2D eigenvalue weighted by molar-refractivity contribution is 5.92. The number of nitrogens with two attached hydrogens (primary N) is 1. The van der Waals surface area contributed by atoms with Crippen molar-refractivity contribution in [2.75, 3.05) is 57.3 Å². The first-order chi connectivity index (χ1) is 10.8. The zero-order chi connectivity index (χ0) is 15.4. The van der Waals surface area contributed by atoms with E-state index in [4.69, 9.17) is 19.9 Å². The molecule has 0 spiro atoms. The van der Waals surface area contributed by atoms with Gasteiger partial charge in [-0.15, -0.1) is 0 Å². The van der Waals surface area contributed by atoms with Crippen molar-refractivity contribution in [1.29, 1.82) is 0 Å². The fourth-order valence-corrected chi connectivity index (χ4v) is 2.41. The van der Waals surface area contributed by atoms with E-state index in [2.05, 4.69) is 14.9 Å². The molecule has 1 aliphatic rings. The van der Waals surface area contributed by atoms with Gasteiger partial charge in [-0.05, 0) is 18.2 Å². The van der Waals surface area contributed by atoms with Gasteiger partial charge in [0.15, 0.2) is 0 Å². The molecule has 0 aliphatic carbocycles. The van der Waals surface area contributed by atoms with Crippen LogP contribution in [0.15, 0.2) is 18.2 Å². The van der Waals surface area contributed by atoms with E-state index in [-0.39, 0.29) is 0 Å². The summed E-state index contributed by atoms with van der Waals surface area (Å²) in [5.41, 5.74) is 7.42. The van der Waals surface area contributed by atoms with E-state index in [1.54, 1.807) is 7.11 Å². The number of morpholine rings is 1. The van der Waals surface area contributed by atoms with Crippen molar-refractivity contribution in [3.8, 4) is 6.01 Å². The number of nitrogens with zero attached hydrogens (tertiary/aromatic N) is 3. The van der Waals surface area contributed by atoms with Crippen LogP contribution < -0.4 is 15.4 Å². The average Bonchev–Trinajstić information content (AvgIpc) is 2.55. The van der Waals surface area contributed by atoms with Gasteiger partial charge in [0, 0.05) is 31.3 Å². The first-order valence-electron chi connectivity index (χ1n) is 7.29. The summed E-state index contributed by atoms with van der Waals surface area (Å²) in [5.74, 6) is 0.841. The number of anilines is 2. The Bertz CT molecular complexity index is 644. The highest BCUT2D eigenvalue weighted by Crippen LogP contribution is 2.28. The molecule has 0 amide bonds. The minimum Gasteiger partial charge on any atom is -0.461 e. The van der Waals surface area contributed by atoms with Crippen molar-refractivity contribution < 1.29 is 14.2 Å². The molecule has 7 nitrogen and oxygen atoms in total. The highest BCUT2D eigenvalue weighted by Gasteiger charge is 2.18. The predicted octanol–water partition coefficient (Wildman–Crippen LogP) is 1.07. The van der Waals surface area contributed by atoms with Crippen LogP contribution in [0.1, 0.15) is 0 Å². The molecular formula is C15H20N4O3. The Morgan fingerprint density at radius 1 is 1.23 bits per heavy atom. The number of hydrogen-bond acceptors (Lipinski definition) is 7. The molecule has 1 saturated heterocycles. The van der Waals surface area contributed by atoms with E-state index in [1.807, 2.05) is 18.2 Å². The summed E-state index contributed by atoms with van der Waals surface area (Å²) in [6, 6.07) is 5.98. The van der Waals surface area contributed by atoms with E-state index < -0.39 is 0 Å². The number of ether oxygens (including phenoxy) is 3. The zero-order valence-corrected chi connectivity index (χ0v) is 12.6. The van der Waals surface area contributed by atoms with Gasteiger partial charge >= 0.3 is 6.01 Å². The van der Waals surface area contributed by atoms with Crippen LogP contribution in [0.2, 0.25) is 0 Å². The van der Waals surface area contributed by atoms with Gasteiger partial charge in [0.05, 0.1) is 25.3 Å². The smallest absolute Gasteiger partial charge is 0.319 e. The lowest BCUT2D eigenvalue weighted by atomic mass is 10.2. The number of aromatic nitrogens is 2. The first kappa shape index (κ1) is 14.8. The monoisotopic (exact) mass is 304 g/mol. The molecule has 0 atom stereocenters. The third kappa shape index (κ3) is 3.20. The second-order valence-corrected chi connectivity index (χ2v) is 5.05. The number of hydrogen-bond donors (Lipinski definition) is 1. The number of methoxy groups -OCH3 is 1. The molecule has 0 unspecified atom stereocenters. The summed E-state index contributed by atoms with van der Waals surface area (Å²) >= 11 is 0. The number of benzene rings is 1. The van der Waals surface area contributed by atoms with Crippen LogP contribution >= 0.6 is 0 Å². The van der Waals surface area contributed by atoms with Gasteiger partial charge in [0.2, 0.25) is 0 Å². The van der Waals surface area contributed by atoms with Gasteiger partial charge < -0.3 is 24.8 Å². The van der Waals surface area contributed by atoms with Gasteiger partial charge in [0.1, 0.15) is 12.4 Å². The highest BCUT2D eigenvalue weighted by atomic mass is 16.5. The Morgan fingerprint density at radius 3 is 2.82 bits per heavy atom. The first-order valence-corrected chi connectivity index (χ1v) is 7.29. The lowest BCUT2D eigenvalue weighted by Gasteiger charge is -2.28. The van der Waals surface area contributed by atoms with Crippen molar-refractivity contribution in [1.82, 2.24) is 9.97 Å². The molecule has 7 heteroatoms. The van der Waals surface area contributed by atoms with Gasteiger partial charge in [-0.3, -0.25) is 0 Å². The van der Waals surface area contributed by atoms with Crippen LogP contribution in [-0.4, -0.2) is 56.6 Å². The van der Waals surface area contributed by atoms with E-state index in [9.17, 15) is 0 Å². The Labute approximate surface area is 129 Å². The minimum absolute atomic E-state index is 0.357. The second-order valence-electron chi connectivity index (χ2n) is 5.05. The molecule has 3 rings (SSSR count). The molecular weight excluding hydrogens is 284 g/mol. The summed E-state index contributed by atoms with van der Waals surface area (Å²) < 4.78 is 16.0. The van der Waals surface area contributed by atoms with E-state index in [0.717, 1.165) is 29.8 Å². The molecule has 118 valence electrons. The molecule has 0 bridgehead atoms. The maximum absolute atomic E-state index is 5.91. The van der Waals surface area contributed by atoms with Crippen LogP contribution in [0.25, 0.3) is 10.9 Å². The van der Waals surface area contributed by atoms with E-state index in [1.165, 1.54) is 0 Å². The normalized spacial score (nSPS) is 15.2. The maximum atomic E-state index is 5.91. The van der Waals surface area contributed by atoms with Crippen LogP contribution in [0.5, 0.6) is 6.01 Å². The molecule has 0 radical (unpaired) electrons.